The third-order valence-electron chi connectivity index (χ3n) is 6.21. The normalized spacial score (nSPS) is 18.4. The molecule has 4 rings (SSSR count). The van der Waals surface area contributed by atoms with Crippen LogP contribution in [0.4, 0.5) is 5.69 Å². The number of ether oxygens (including phenoxy) is 1. The lowest BCUT2D eigenvalue weighted by molar-refractivity contribution is -0.120. The number of rotatable bonds is 5. The van der Waals surface area contributed by atoms with Crippen LogP contribution in [0.5, 0.6) is 11.6 Å². The molecule has 1 heterocycles. The number of carbonyl (C=O) groups excluding carboxylic acids is 1. The molecule has 1 aromatic carbocycles. The monoisotopic (exact) mass is 412 g/mol. The van der Waals surface area contributed by atoms with Crippen molar-refractivity contribution in [3.8, 4) is 11.6 Å². The van der Waals surface area contributed by atoms with E-state index in [9.17, 15) is 4.79 Å². The van der Waals surface area contributed by atoms with Gasteiger partial charge in [0, 0.05) is 17.0 Å². The molecule has 2 aliphatic rings. The molecule has 0 aliphatic heterocycles. The maximum atomic E-state index is 12.4. The zero-order valence-corrected chi connectivity index (χ0v) is 17.6. The van der Waals surface area contributed by atoms with Crippen LogP contribution in [-0.2, 0) is 4.79 Å². The predicted molar refractivity (Wildman–Crippen MR) is 117 cm³/mol. The second-order valence-electron chi connectivity index (χ2n) is 8.33. The summed E-state index contributed by atoms with van der Waals surface area (Å²) < 4.78 is 6.11. The summed E-state index contributed by atoms with van der Waals surface area (Å²) in [5.74, 6) is 2.09. The smallest absolute Gasteiger partial charge is 0.227 e. The fourth-order valence-corrected chi connectivity index (χ4v) is 4.76. The van der Waals surface area contributed by atoms with Crippen molar-refractivity contribution in [2.24, 2.45) is 5.92 Å². The first-order valence-electron chi connectivity index (χ1n) is 10.9. The summed E-state index contributed by atoms with van der Waals surface area (Å²) >= 11 is 6.26. The summed E-state index contributed by atoms with van der Waals surface area (Å²) in [6.07, 6.45) is 13.4. The van der Waals surface area contributed by atoms with Gasteiger partial charge in [0.05, 0.1) is 11.9 Å². The number of pyridine rings is 1. The Morgan fingerprint density at radius 3 is 2.38 bits per heavy atom. The van der Waals surface area contributed by atoms with Gasteiger partial charge in [-0.05, 0) is 61.4 Å². The summed E-state index contributed by atoms with van der Waals surface area (Å²) in [6.45, 7) is 0. The molecule has 2 aliphatic carbocycles. The standard InChI is InChI=1S/C24H29ClN2O2/c25-19-11-13-22(21(15-19)17-7-3-1-4-8-17)29-23-14-12-20(16-26-23)27-24(28)18-9-5-2-6-10-18/h11-18H,1-10H2,(H,27,28). The topological polar surface area (TPSA) is 51.2 Å². The Kier molecular flexibility index (Phi) is 6.70. The van der Waals surface area contributed by atoms with E-state index >= 15 is 0 Å². The summed E-state index contributed by atoms with van der Waals surface area (Å²) in [4.78, 5) is 16.8. The molecule has 2 aromatic rings. The van der Waals surface area contributed by atoms with Gasteiger partial charge in [-0.25, -0.2) is 4.98 Å². The molecule has 154 valence electrons. The second-order valence-corrected chi connectivity index (χ2v) is 8.76. The Morgan fingerprint density at radius 1 is 0.966 bits per heavy atom. The van der Waals surface area contributed by atoms with Gasteiger partial charge in [-0.15, -0.1) is 0 Å². The van der Waals surface area contributed by atoms with E-state index in [4.69, 9.17) is 16.3 Å². The van der Waals surface area contributed by atoms with Crippen molar-refractivity contribution < 1.29 is 9.53 Å². The third-order valence-corrected chi connectivity index (χ3v) is 6.45. The van der Waals surface area contributed by atoms with E-state index in [0.717, 1.165) is 42.1 Å². The third kappa shape index (κ3) is 5.30. The number of halogens is 1. The van der Waals surface area contributed by atoms with E-state index in [1.807, 2.05) is 30.3 Å². The van der Waals surface area contributed by atoms with Gasteiger partial charge in [-0.1, -0.05) is 50.1 Å². The van der Waals surface area contributed by atoms with E-state index in [1.54, 1.807) is 6.20 Å². The minimum Gasteiger partial charge on any atom is -0.439 e. The van der Waals surface area contributed by atoms with Crippen LogP contribution in [0, 0.1) is 5.92 Å². The molecule has 1 amide bonds. The van der Waals surface area contributed by atoms with Gasteiger partial charge in [-0.2, -0.15) is 0 Å². The van der Waals surface area contributed by atoms with E-state index < -0.39 is 0 Å². The SMILES string of the molecule is O=C(Nc1ccc(Oc2ccc(Cl)cc2C2CCCCC2)nc1)C1CCCCC1. The molecule has 0 saturated heterocycles. The molecule has 2 fully saturated rings. The van der Waals surface area contributed by atoms with Crippen molar-refractivity contribution in [2.75, 3.05) is 5.32 Å². The van der Waals surface area contributed by atoms with Crippen LogP contribution < -0.4 is 10.1 Å². The number of benzene rings is 1. The Morgan fingerprint density at radius 2 is 1.69 bits per heavy atom. The molecular weight excluding hydrogens is 384 g/mol. The van der Waals surface area contributed by atoms with Crippen LogP contribution >= 0.6 is 11.6 Å². The van der Waals surface area contributed by atoms with Crippen molar-refractivity contribution in [3.63, 3.8) is 0 Å². The van der Waals surface area contributed by atoms with E-state index in [-0.39, 0.29) is 11.8 Å². The van der Waals surface area contributed by atoms with Crippen molar-refractivity contribution in [2.45, 2.75) is 70.1 Å². The number of anilines is 1. The molecule has 0 bridgehead atoms. The minimum absolute atomic E-state index is 0.109. The van der Waals surface area contributed by atoms with Crippen LogP contribution in [0.2, 0.25) is 5.02 Å². The second kappa shape index (κ2) is 9.62. The zero-order valence-electron chi connectivity index (χ0n) is 16.8. The molecular formula is C24H29ClN2O2. The molecule has 1 aromatic heterocycles. The highest BCUT2D eigenvalue weighted by molar-refractivity contribution is 6.30. The first-order chi connectivity index (χ1) is 14.2. The molecule has 29 heavy (non-hydrogen) atoms. The zero-order chi connectivity index (χ0) is 20.1. The Labute approximate surface area is 178 Å². The largest absolute Gasteiger partial charge is 0.439 e. The van der Waals surface area contributed by atoms with Gasteiger partial charge < -0.3 is 10.1 Å². The lowest BCUT2D eigenvalue weighted by Crippen LogP contribution is -2.24. The Balaban J connectivity index is 1.43. The molecule has 0 spiro atoms. The molecule has 2 saturated carbocycles. The lowest BCUT2D eigenvalue weighted by atomic mass is 9.84. The molecule has 1 N–H and O–H groups in total. The van der Waals surface area contributed by atoms with Crippen LogP contribution in [0.1, 0.15) is 75.7 Å². The van der Waals surface area contributed by atoms with Crippen molar-refractivity contribution in [1.82, 2.24) is 4.98 Å². The Bertz CT molecular complexity index is 825. The highest BCUT2D eigenvalue weighted by atomic mass is 35.5. The quantitative estimate of drug-likeness (QED) is 0.570. The number of amides is 1. The fourth-order valence-electron chi connectivity index (χ4n) is 4.58. The maximum Gasteiger partial charge on any atom is 0.227 e. The predicted octanol–water partition coefficient (Wildman–Crippen LogP) is 7.09. The van der Waals surface area contributed by atoms with Gasteiger partial charge in [0.1, 0.15) is 5.75 Å². The van der Waals surface area contributed by atoms with E-state index in [1.165, 1.54) is 44.1 Å². The summed E-state index contributed by atoms with van der Waals surface area (Å²) in [5.41, 5.74) is 1.89. The van der Waals surface area contributed by atoms with Crippen LogP contribution in [-0.4, -0.2) is 10.9 Å². The van der Waals surface area contributed by atoms with E-state index in [0.29, 0.717) is 11.8 Å². The average molecular weight is 413 g/mol. The van der Waals surface area contributed by atoms with Gasteiger partial charge in [0.2, 0.25) is 11.8 Å². The summed E-state index contributed by atoms with van der Waals surface area (Å²) in [7, 11) is 0. The van der Waals surface area contributed by atoms with E-state index in [2.05, 4.69) is 10.3 Å². The number of carbonyl (C=O) groups is 1. The van der Waals surface area contributed by atoms with Gasteiger partial charge in [-0.3, -0.25) is 4.79 Å². The fraction of sp³-hybridized carbons (Fsp3) is 0.500. The lowest BCUT2D eigenvalue weighted by Gasteiger charge is -2.24. The molecule has 0 unspecified atom stereocenters. The average Bonchev–Trinajstić information content (AvgIpc) is 2.77. The summed E-state index contributed by atoms with van der Waals surface area (Å²) in [5, 5.41) is 3.74. The highest BCUT2D eigenvalue weighted by Crippen LogP contribution is 2.40. The number of nitrogens with zero attached hydrogens (tertiary/aromatic N) is 1. The molecule has 0 radical (unpaired) electrons. The van der Waals surface area contributed by atoms with Crippen LogP contribution in [0.3, 0.4) is 0 Å². The highest BCUT2D eigenvalue weighted by Gasteiger charge is 2.22. The Hall–Kier alpha value is -2.07. The first-order valence-corrected chi connectivity index (χ1v) is 11.3. The van der Waals surface area contributed by atoms with Crippen molar-refractivity contribution in [3.05, 3.63) is 47.1 Å². The molecule has 0 atom stereocenters. The number of aromatic nitrogens is 1. The van der Waals surface area contributed by atoms with Gasteiger partial charge >= 0.3 is 0 Å². The van der Waals surface area contributed by atoms with Crippen molar-refractivity contribution >= 4 is 23.2 Å². The molecule has 5 heteroatoms. The first kappa shape index (κ1) is 20.2. The minimum atomic E-state index is 0.109. The van der Waals surface area contributed by atoms with Crippen LogP contribution in [0.15, 0.2) is 36.5 Å². The molecule has 4 nitrogen and oxygen atoms in total. The van der Waals surface area contributed by atoms with Gasteiger partial charge in [0.15, 0.2) is 0 Å². The van der Waals surface area contributed by atoms with Gasteiger partial charge in [0.25, 0.3) is 0 Å². The maximum absolute atomic E-state index is 12.4. The number of nitrogens with one attached hydrogen (secondary N) is 1. The van der Waals surface area contributed by atoms with Crippen molar-refractivity contribution in [1.29, 1.82) is 0 Å². The number of hydrogen-bond acceptors (Lipinski definition) is 3. The number of hydrogen-bond donors (Lipinski definition) is 1. The summed E-state index contributed by atoms with van der Waals surface area (Å²) in [6, 6.07) is 9.51. The van der Waals surface area contributed by atoms with Crippen LogP contribution in [0.25, 0.3) is 0 Å².